The van der Waals surface area contributed by atoms with Crippen LogP contribution >= 0.6 is 15.9 Å². The molecule has 1 aromatic carbocycles. The third-order valence-electron chi connectivity index (χ3n) is 3.72. The second-order valence-electron chi connectivity index (χ2n) is 5.42. The highest BCUT2D eigenvalue weighted by Crippen LogP contribution is 2.16. The zero-order chi connectivity index (χ0) is 16.4. The molecule has 2 aromatic heterocycles. The van der Waals surface area contributed by atoms with E-state index in [1.807, 2.05) is 47.9 Å². The molecule has 0 fully saturated rings. The fourth-order valence-corrected chi connectivity index (χ4v) is 2.78. The molecule has 0 aliphatic rings. The summed E-state index contributed by atoms with van der Waals surface area (Å²) < 4.78 is 2.62. The van der Waals surface area contributed by atoms with Gasteiger partial charge in [0.2, 0.25) is 0 Å². The van der Waals surface area contributed by atoms with Gasteiger partial charge in [-0.15, -0.1) is 0 Å². The third kappa shape index (κ3) is 3.28. The number of nitrogens with two attached hydrogens (primary N) is 1. The number of nitrogens with one attached hydrogen (secondary N) is 1. The van der Waals surface area contributed by atoms with E-state index in [9.17, 15) is 4.79 Å². The number of amides is 1. The molecular weight excluding hydrogens is 356 g/mol. The van der Waals surface area contributed by atoms with Crippen molar-refractivity contribution in [2.45, 2.75) is 13.0 Å². The maximum Gasteiger partial charge on any atom is 0.255 e. The van der Waals surface area contributed by atoms with E-state index in [1.54, 1.807) is 12.3 Å². The molecular formula is C17H17BrN4O. The Hall–Kier alpha value is -2.18. The van der Waals surface area contributed by atoms with Gasteiger partial charge in [-0.2, -0.15) is 0 Å². The molecule has 1 atom stereocenters. The summed E-state index contributed by atoms with van der Waals surface area (Å²) in [5, 5.41) is 2.88. The number of hydrogen-bond donors (Lipinski definition) is 2. The van der Waals surface area contributed by atoms with E-state index in [0.29, 0.717) is 17.8 Å². The molecule has 0 radical (unpaired) electrons. The highest BCUT2D eigenvalue weighted by molar-refractivity contribution is 9.10. The van der Waals surface area contributed by atoms with Crippen molar-refractivity contribution in [3.05, 3.63) is 70.1 Å². The summed E-state index contributed by atoms with van der Waals surface area (Å²) in [5.41, 5.74) is 9.46. The van der Waals surface area contributed by atoms with Crippen molar-refractivity contribution in [2.75, 3.05) is 6.54 Å². The van der Waals surface area contributed by atoms with Gasteiger partial charge < -0.3 is 11.1 Å². The summed E-state index contributed by atoms with van der Waals surface area (Å²) >= 11 is 3.40. The highest BCUT2D eigenvalue weighted by Gasteiger charge is 2.14. The maximum absolute atomic E-state index is 12.4. The molecule has 1 amide bonds. The summed E-state index contributed by atoms with van der Waals surface area (Å²) in [6.45, 7) is 2.39. The van der Waals surface area contributed by atoms with Crippen LogP contribution in [0.15, 0.2) is 53.4 Å². The Morgan fingerprint density at radius 3 is 2.83 bits per heavy atom. The first-order valence-corrected chi connectivity index (χ1v) is 8.07. The van der Waals surface area contributed by atoms with Crippen LogP contribution in [0.4, 0.5) is 0 Å². The average molecular weight is 373 g/mol. The summed E-state index contributed by atoms with van der Waals surface area (Å²) in [4.78, 5) is 16.7. The number of imidazole rings is 1. The molecule has 1 unspecified atom stereocenters. The first-order valence-electron chi connectivity index (χ1n) is 7.28. The van der Waals surface area contributed by atoms with Gasteiger partial charge in [-0.3, -0.25) is 9.20 Å². The van der Waals surface area contributed by atoms with E-state index in [-0.39, 0.29) is 11.9 Å². The lowest BCUT2D eigenvalue weighted by atomic mass is 10.1. The molecule has 0 saturated heterocycles. The number of aromatic nitrogens is 2. The van der Waals surface area contributed by atoms with Crippen LogP contribution in [0, 0.1) is 6.92 Å². The normalized spacial score (nSPS) is 12.3. The molecule has 0 aliphatic carbocycles. The molecule has 2 heterocycles. The van der Waals surface area contributed by atoms with E-state index in [1.165, 1.54) is 5.56 Å². The number of hydrogen-bond acceptors (Lipinski definition) is 3. The van der Waals surface area contributed by atoms with Gasteiger partial charge in [-0.05, 0) is 40.5 Å². The van der Waals surface area contributed by atoms with Crippen molar-refractivity contribution in [3.63, 3.8) is 0 Å². The van der Waals surface area contributed by atoms with Gasteiger partial charge in [0.25, 0.3) is 5.91 Å². The molecule has 6 heteroatoms. The topological polar surface area (TPSA) is 72.4 Å². The van der Waals surface area contributed by atoms with Crippen molar-refractivity contribution in [2.24, 2.45) is 5.73 Å². The minimum atomic E-state index is -0.245. The van der Waals surface area contributed by atoms with Crippen molar-refractivity contribution in [1.82, 2.24) is 14.7 Å². The van der Waals surface area contributed by atoms with Gasteiger partial charge in [-0.1, -0.05) is 29.8 Å². The smallest absolute Gasteiger partial charge is 0.255 e. The number of halogens is 1. The number of carbonyl (C=O) groups excluding carboxylic acids is 1. The average Bonchev–Trinajstić information content (AvgIpc) is 2.94. The lowest BCUT2D eigenvalue weighted by Crippen LogP contribution is -2.32. The Bertz CT molecular complexity index is 841. The number of nitrogens with zero attached hydrogens (tertiary/aromatic N) is 2. The molecule has 3 N–H and O–H groups in total. The lowest BCUT2D eigenvalue weighted by Gasteiger charge is -2.14. The van der Waals surface area contributed by atoms with Crippen LogP contribution in [0.5, 0.6) is 0 Å². The fraction of sp³-hybridized carbons (Fsp3) is 0.176. The van der Waals surface area contributed by atoms with Crippen LogP contribution in [-0.2, 0) is 0 Å². The zero-order valence-electron chi connectivity index (χ0n) is 12.7. The summed E-state index contributed by atoms with van der Waals surface area (Å²) in [6, 6.07) is 11.3. The van der Waals surface area contributed by atoms with E-state index in [2.05, 4.69) is 26.2 Å². The molecule has 0 aliphatic heterocycles. The monoisotopic (exact) mass is 372 g/mol. The first kappa shape index (κ1) is 15.7. The van der Waals surface area contributed by atoms with Crippen molar-refractivity contribution < 1.29 is 4.79 Å². The number of rotatable bonds is 4. The predicted molar refractivity (Wildman–Crippen MR) is 93.3 cm³/mol. The van der Waals surface area contributed by atoms with Crippen molar-refractivity contribution in [1.29, 1.82) is 0 Å². The molecule has 0 bridgehead atoms. The Kier molecular flexibility index (Phi) is 4.45. The maximum atomic E-state index is 12.4. The first-order chi connectivity index (χ1) is 11.1. The van der Waals surface area contributed by atoms with Crippen LogP contribution in [-0.4, -0.2) is 21.8 Å². The number of carbonyl (C=O) groups is 1. The van der Waals surface area contributed by atoms with E-state index in [4.69, 9.17) is 5.73 Å². The molecule has 3 rings (SSSR count). The van der Waals surface area contributed by atoms with Gasteiger partial charge in [-0.25, -0.2) is 4.98 Å². The Balaban J connectivity index is 1.72. The molecule has 3 aromatic rings. The van der Waals surface area contributed by atoms with Crippen LogP contribution in [0.1, 0.15) is 27.5 Å². The fourth-order valence-electron chi connectivity index (χ4n) is 2.39. The van der Waals surface area contributed by atoms with E-state index < -0.39 is 0 Å². The number of benzene rings is 1. The Labute approximate surface area is 142 Å². The summed E-state index contributed by atoms with van der Waals surface area (Å²) in [6.07, 6.45) is 3.52. The summed E-state index contributed by atoms with van der Waals surface area (Å²) in [7, 11) is 0. The van der Waals surface area contributed by atoms with Crippen LogP contribution in [0.25, 0.3) is 5.65 Å². The molecule has 118 valence electrons. The van der Waals surface area contributed by atoms with E-state index >= 15 is 0 Å². The molecule has 0 saturated carbocycles. The van der Waals surface area contributed by atoms with Gasteiger partial charge >= 0.3 is 0 Å². The molecule has 23 heavy (non-hydrogen) atoms. The lowest BCUT2D eigenvalue weighted by molar-refractivity contribution is 0.0952. The van der Waals surface area contributed by atoms with Gasteiger partial charge in [0.05, 0.1) is 11.8 Å². The summed E-state index contributed by atoms with van der Waals surface area (Å²) in [5.74, 6) is -0.184. The minimum absolute atomic E-state index is 0.184. The SMILES string of the molecule is Cc1ccc(C(N)CNC(=O)c2cccn3c(Br)cnc23)cc1. The Morgan fingerprint density at radius 1 is 1.35 bits per heavy atom. The second-order valence-corrected chi connectivity index (χ2v) is 6.24. The van der Waals surface area contributed by atoms with Crippen molar-refractivity contribution in [3.8, 4) is 0 Å². The van der Waals surface area contributed by atoms with Crippen LogP contribution < -0.4 is 11.1 Å². The van der Waals surface area contributed by atoms with E-state index in [0.717, 1.165) is 10.2 Å². The largest absolute Gasteiger partial charge is 0.350 e. The van der Waals surface area contributed by atoms with Gasteiger partial charge in [0.15, 0.2) is 0 Å². The molecule has 5 nitrogen and oxygen atoms in total. The second kappa shape index (κ2) is 6.52. The quantitative estimate of drug-likeness (QED) is 0.739. The number of pyridine rings is 1. The van der Waals surface area contributed by atoms with Crippen molar-refractivity contribution >= 4 is 27.5 Å². The Morgan fingerprint density at radius 2 is 2.09 bits per heavy atom. The van der Waals surface area contributed by atoms with Gasteiger partial charge in [0.1, 0.15) is 10.3 Å². The van der Waals surface area contributed by atoms with Crippen LogP contribution in [0.3, 0.4) is 0 Å². The van der Waals surface area contributed by atoms with Crippen LogP contribution in [0.2, 0.25) is 0 Å². The molecule has 0 spiro atoms. The minimum Gasteiger partial charge on any atom is -0.350 e. The standard InChI is InChI=1S/C17H17BrN4O/c1-11-4-6-12(7-5-11)14(19)9-21-17(23)13-3-2-8-22-15(18)10-20-16(13)22/h2-8,10,14H,9,19H2,1H3,(H,21,23). The number of aryl methyl sites for hydroxylation is 1. The number of fused-ring (bicyclic) bond motifs is 1. The van der Waals surface area contributed by atoms with Gasteiger partial charge in [0, 0.05) is 18.8 Å². The zero-order valence-corrected chi connectivity index (χ0v) is 14.2. The third-order valence-corrected chi connectivity index (χ3v) is 4.31. The highest BCUT2D eigenvalue weighted by atomic mass is 79.9. The predicted octanol–water partition coefficient (Wildman–Crippen LogP) is 2.84.